The Bertz CT molecular complexity index is 824. The molecule has 0 saturated heterocycles. The largest absolute Gasteiger partial charge is 0.496 e. The lowest BCUT2D eigenvalue weighted by Crippen LogP contribution is -2.09. The van der Waals surface area contributed by atoms with Crippen molar-refractivity contribution in [2.75, 3.05) is 7.11 Å². The summed E-state index contributed by atoms with van der Waals surface area (Å²) in [6.45, 7) is 1.81. The number of fused-ring (bicyclic) bond motifs is 1. The number of hydrogen-bond donors (Lipinski definition) is 1. The maximum absolute atomic E-state index is 11.1. The van der Waals surface area contributed by atoms with Crippen LogP contribution >= 0.6 is 0 Å². The number of aryl methyl sites for hydroxylation is 1. The van der Waals surface area contributed by atoms with E-state index in [4.69, 9.17) is 9.84 Å². The number of rotatable bonds is 2. The van der Waals surface area contributed by atoms with Crippen LogP contribution in [0.1, 0.15) is 5.82 Å². The molecule has 0 aliphatic rings. The third kappa shape index (κ3) is 2.18. The molecule has 2 aromatic heterocycles. The molecule has 21 heavy (non-hydrogen) atoms. The molecule has 3 rings (SSSR count). The topological polar surface area (TPSA) is 90.1 Å². The summed E-state index contributed by atoms with van der Waals surface area (Å²) in [5, 5.41) is 13.6. The minimum Gasteiger partial charge on any atom is -0.496 e. The first-order valence-corrected chi connectivity index (χ1v) is 6.18. The SMILES string of the molecule is COc1cc2c(cnn2C(=O)O)cc1-c1cnc(C)nc1. The molecule has 0 fully saturated rings. The van der Waals surface area contributed by atoms with Gasteiger partial charge in [-0.3, -0.25) is 0 Å². The molecule has 1 aromatic carbocycles. The van der Waals surface area contributed by atoms with E-state index in [9.17, 15) is 4.79 Å². The zero-order chi connectivity index (χ0) is 15.0. The van der Waals surface area contributed by atoms with Crippen molar-refractivity contribution in [3.8, 4) is 16.9 Å². The molecule has 7 nitrogen and oxygen atoms in total. The number of benzene rings is 1. The molecule has 3 aromatic rings. The maximum atomic E-state index is 11.1. The van der Waals surface area contributed by atoms with E-state index in [-0.39, 0.29) is 0 Å². The van der Waals surface area contributed by atoms with E-state index in [1.807, 2.05) is 6.07 Å². The van der Waals surface area contributed by atoms with E-state index >= 15 is 0 Å². The lowest BCUT2D eigenvalue weighted by Gasteiger charge is -2.09. The molecule has 0 saturated carbocycles. The molecule has 7 heteroatoms. The monoisotopic (exact) mass is 284 g/mol. The van der Waals surface area contributed by atoms with Gasteiger partial charge >= 0.3 is 6.09 Å². The summed E-state index contributed by atoms with van der Waals surface area (Å²) in [5.74, 6) is 1.22. The highest BCUT2D eigenvalue weighted by atomic mass is 16.5. The Balaban J connectivity index is 2.23. The Labute approximate surface area is 119 Å². The summed E-state index contributed by atoms with van der Waals surface area (Å²) < 4.78 is 6.26. The van der Waals surface area contributed by atoms with Crippen molar-refractivity contribution in [3.05, 3.63) is 36.5 Å². The van der Waals surface area contributed by atoms with Crippen LogP contribution in [0.25, 0.3) is 22.0 Å². The van der Waals surface area contributed by atoms with Gasteiger partial charge in [-0.05, 0) is 13.0 Å². The van der Waals surface area contributed by atoms with Crippen molar-refractivity contribution >= 4 is 17.0 Å². The van der Waals surface area contributed by atoms with Crippen LogP contribution in [0.4, 0.5) is 4.79 Å². The second kappa shape index (κ2) is 4.86. The van der Waals surface area contributed by atoms with Crippen molar-refractivity contribution in [2.45, 2.75) is 6.92 Å². The van der Waals surface area contributed by atoms with Gasteiger partial charge in [-0.25, -0.2) is 14.8 Å². The van der Waals surface area contributed by atoms with E-state index < -0.39 is 6.09 Å². The quantitative estimate of drug-likeness (QED) is 0.776. The number of carboxylic acid groups (broad SMARTS) is 1. The van der Waals surface area contributed by atoms with Crippen LogP contribution in [-0.4, -0.2) is 38.1 Å². The Morgan fingerprint density at radius 2 is 1.95 bits per heavy atom. The molecular weight excluding hydrogens is 272 g/mol. The van der Waals surface area contributed by atoms with Crippen LogP contribution in [0.5, 0.6) is 5.75 Å². The highest BCUT2D eigenvalue weighted by Crippen LogP contribution is 2.33. The van der Waals surface area contributed by atoms with Gasteiger partial charge in [0.05, 0.1) is 18.8 Å². The molecule has 0 radical (unpaired) electrons. The van der Waals surface area contributed by atoms with Gasteiger partial charge in [-0.1, -0.05) is 0 Å². The molecule has 1 N–H and O–H groups in total. The van der Waals surface area contributed by atoms with Crippen LogP contribution in [0.2, 0.25) is 0 Å². The van der Waals surface area contributed by atoms with Crippen molar-refractivity contribution in [1.82, 2.24) is 19.7 Å². The van der Waals surface area contributed by atoms with Crippen molar-refractivity contribution in [1.29, 1.82) is 0 Å². The lowest BCUT2D eigenvalue weighted by atomic mass is 10.1. The second-order valence-corrected chi connectivity index (χ2v) is 4.47. The summed E-state index contributed by atoms with van der Waals surface area (Å²) in [7, 11) is 1.53. The summed E-state index contributed by atoms with van der Waals surface area (Å²) in [6, 6.07) is 3.46. The minimum atomic E-state index is -1.14. The normalized spacial score (nSPS) is 10.8. The number of carbonyl (C=O) groups is 1. The van der Waals surface area contributed by atoms with E-state index in [2.05, 4.69) is 15.1 Å². The smallest absolute Gasteiger partial charge is 0.432 e. The Morgan fingerprint density at radius 3 is 2.57 bits per heavy atom. The Kier molecular flexibility index (Phi) is 3.02. The van der Waals surface area contributed by atoms with E-state index in [1.54, 1.807) is 25.4 Å². The summed E-state index contributed by atoms with van der Waals surface area (Å²) in [6.07, 6.45) is 3.77. The number of aromatic nitrogens is 4. The van der Waals surface area contributed by atoms with Crippen molar-refractivity contribution in [2.24, 2.45) is 0 Å². The first kappa shape index (κ1) is 13.0. The van der Waals surface area contributed by atoms with E-state index in [0.29, 0.717) is 22.5 Å². The Hall–Kier alpha value is -2.96. The van der Waals surface area contributed by atoms with Gasteiger partial charge in [0.1, 0.15) is 11.6 Å². The highest BCUT2D eigenvalue weighted by molar-refractivity contribution is 5.92. The molecule has 0 spiro atoms. The van der Waals surface area contributed by atoms with Gasteiger partial charge in [-0.2, -0.15) is 9.78 Å². The third-order valence-corrected chi connectivity index (χ3v) is 3.16. The first-order valence-electron chi connectivity index (χ1n) is 6.18. The third-order valence-electron chi connectivity index (χ3n) is 3.16. The number of nitrogens with zero attached hydrogens (tertiary/aromatic N) is 4. The molecule has 0 amide bonds. The molecular formula is C14H12N4O3. The molecule has 0 aliphatic heterocycles. The predicted molar refractivity (Wildman–Crippen MR) is 75.5 cm³/mol. The van der Waals surface area contributed by atoms with Gasteiger partial charge in [0.2, 0.25) is 0 Å². The fourth-order valence-electron chi connectivity index (χ4n) is 2.13. The van der Waals surface area contributed by atoms with Gasteiger partial charge in [-0.15, -0.1) is 0 Å². The molecule has 106 valence electrons. The zero-order valence-corrected chi connectivity index (χ0v) is 11.4. The molecule has 0 unspecified atom stereocenters. The fourth-order valence-corrected chi connectivity index (χ4v) is 2.13. The van der Waals surface area contributed by atoms with E-state index in [0.717, 1.165) is 15.8 Å². The molecule has 0 bridgehead atoms. The van der Waals surface area contributed by atoms with Crippen LogP contribution < -0.4 is 4.74 Å². The molecule has 2 heterocycles. The first-order chi connectivity index (χ1) is 10.1. The molecule has 0 atom stereocenters. The average molecular weight is 284 g/mol. The van der Waals surface area contributed by atoms with Crippen molar-refractivity contribution < 1.29 is 14.6 Å². The lowest BCUT2D eigenvalue weighted by molar-refractivity contribution is 0.194. The number of hydrogen-bond acceptors (Lipinski definition) is 5. The van der Waals surface area contributed by atoms with Crippen LogP contribution in [0.3, 0.4) is 0 Å². The standard InChI is InChI=1S/C14H12N4O3/c1-8-15-5-10(6-16-8)11-3-9-7-17-18(14(19)20)12(9)4-13(11)21-2/h3-7H,1-2H3,(H,19,20). The zero-order valence-electron chi connectivity index (χ0n) is 11.4. The predicted octanol–water partition coefficient (Wildman–Crippen LogP) is 2.34. The summed E-state index contributed by atoms with van der Waals surface area (Å²) in [4.78, 5) is 19.4. The minimum absolute atomic E-state index is 0.469. The fraction of sp³-hybridized carbons (Fsp3) is 0.143. The highest BCUT2D eigenvalue weighted by Gasteiger charge is 2.14. The summed E-state index contributed by atoms with van der Waals surface area (Å²) in [5.41, 5.74) is 2.05. The second-order valence-electron chi connectivity index (χ2n) is 4.47. The average Bonchev–Trinajstić information content (AvgIpc) is 2.89. The van der Waals surface area contributed by atoms with Gasteiger partial charge in [0, 0.05) is 35.0 Å². The maximum Gasteiger partial charge on any atom is 0.432 e. The number of ether oxygens (including phenoxy) is 1. The van der Waals surface area contributed by atoms with Gasteiger partial charge in [0.25, 0.3) is 0 Å². The van der Waals surface area contributed by atoms with E-state index in [1.165, 1.54) is 13.3 Å². The molecule has 0 aliphatic carbocycles. The van der Waals surface area contributed by atoms with Crippen molar-refractivity contribution in [3.63, 3.8) is 0 Å². The van der Waals surface area contributed by atoms with Crippen LogP contribution in [-0.2, 0) is 0 Å². The Morgan fingerprint density at radius 1 is 1.24 bits per heavy atom. The number of methoxy groups -OCH3 is 1. The van der Waals surface area contributed by atoms with Crippen LogP contribution in [0.15, 0.2) is 30.7 Å². The van der Waals surface area contributed by atoms with Gasteiger partial charge < -0.3 is 9.84 Å². The van der Waals surface area contributed by atoms with Crippen LogP contribution in [0, 0.1) is 6.92 Å². The van der Waals surface area contributed by atoms with Gasteiger partial charge in [0.15, 0.2) is 0 Å². The summed E-state index contributed by atoms with van der Waals surface area (Å²) >= 11 is 0.